The lowest BCUT2D eigenvalue weighted by molar-refractivity contribution is -0.115. The topological polar surface area (TPSA) is 68.2 Å². The van der Waals surface area contributed by atoms with Gasteiger partial charge in [0.15, 0.2) is 16.7 Å². The zero-order chi connectivity index (χ0) is 23.4. The number of hydrogen-bond donors (Lipinski definition) is 0. The number of aliphatic imine (C=N–C) groups is 1. The molecule has 0 radical (unpaired) electrons. The molecule has 1 aliphatic heterocycles. The van der Waals surface area contributed by atoms with Gasteiger partial charge in [0.05, 0.1) is 23.3 Å². The second kappa shape index (κ2) is 10.4. The van der Waals surface area contributed by atoms with E-state index >= 15 is 0 Å². The number of nitrogens with zero attached hydrogens (tertiary/aromatic N) is 2. The van der Waals surface area contributed by atoms with Gasteiger partial charge in [0, 0.05) is 11.4 Å². The number of amides is 2. The van der Waals surface area contributed by atoms with Crippen LogP contribution in [0.1, 0.15) is 38.8 Å². The van der Waals surface area contributed by atoms with Crippen molar-refractivity contribution in [1.82, 2.24) is 0 Å². The van der Waals surface area contributed by atoms with Crippen molar-refractivity contribution in [2.75, 3.05) is 11.5 Å². The molecule has 0 aliphatic carbocycles. The number of halogens is 1. The zero-order valence-electron chi connectivity index (χ0n) is 18.6. The van der Waals surface area contributed by atoms with Gasteiger partial charge in [-0.1, -0.05) is 34.1 Å². The Balaban J connectivity index is 1.95. The highest BCUT2D eigenvalue weighted by atomic mass is 79.9. The summed E-state index contributed by atoms with van der Waals surface area (Å²) in [4.78, 5) is 31.1. The standard InChI is InChI=1S/C24H25BrN2O4S/c1-6-30-20-11-17(18(25)13-21(20)31-14(2)3)12-22-23(29)26-24(32-22)27(16(5)28)19-10-8-7-9-15(19)4/h7-14H,6H2,1-5H3. The summed E-state index contributed by atoms with van der Waals surface area (Å²) in [6.45, 7) is 9.65. The van der Waals surface area contributed by atoms with Crippen molar-refractivity contribution in [3.8, 4) is 11.5 Å². The Hall–Kier alpha value is -2.58. The van der Waals surface area contributed by atoms with Crippen LogP contribution in [0.2, 0.25) is 0 Å². The molecule has 0 saturated heterocycles. The Bertz CT molecular complexity index is 1110. The molecule has 0 spiro atoms. The van der Waals surface area contributed by atoms with Gasteiger partial charge in [0.25, 0.3) is 5.91 Å². The predicted octanol–water partition coefficient (Wildman–Crippen LogP) is 5.97. The van der Waals surface area contributed by atoms with Crippen LogP contribution in [0.25, 0.3) is 6.08 Å². The summed E-state index contributed by atoms with van der Waals surface area (Å²) >= 11 is 4.73. The van der Waals surface area contributed by atoms with Crippen molar-refractivity contribution in [3.05, 3.63) is 56.9 Å². The maximum Gasteiger partial charge on any atom is 0.286 e. The van der Waals surface area contributed by atoms with Gasteiger partial charge in [-0.2, -0.15) is 4.99 Å². The minimum Gasteiger partial charge on any atom is -0.490 e. The fourth-order valence-electron chi connectivity index (χ4n) is 3.13. The number of amidine groups is 1. The molecule has 1 aliphatic rings. The quantitative estimate of drug-likeness (QED) is 0.442. The first-order chi connectivity index (χ1) is 15.2. The van der Waals surface area contributed by atoms with E-state index in [1.165, 1.54) is 23.6 Å². The number of aryl methyl sites for hydroxylation is 1. The Kier molecular flexibility index (Phi) is 7.79. The second-order valence-electron chi connectivity index (χ2n) is 7.37. The summed E-state index contributed by atoms with van der Waals surface area (Å²) in [5, 5.41) is 0.337. The van der Waals surface area contributed by atoms with Crippen molar-refractivity contribution in [1.29, 1.82) is 0 Å². The van der Waals surface area contributed by atoms with E-state index in [0.29, 0.717) is 33.9 Å². The predicted molar refractivity (Wildman–Crippen MR) is 133 cm³/mol. The lowest BCUT2D eigenvalue weighted by Crippen LogP contribution is -2.33. The van der Waals surface area contributed by atoms with Crippen LogP contribution in [-0.2, 0) is 9.59 Å². The van der Waals surface area contributed by atoms with E-state index in [4.69, 9.17) is 9.47 Å². The third kappa shape index (κ3) is 5.42. The largest absolute Gasteiger partial charge is 0.490 e. The van der Waals surface area contributed by atoms with Gasteiger partial charge < -0.3 is 9.47 Å². The van der Waals surface area contributed by atoms with Crippen LogP contribution in [-0.4, -0.2) is 29.7 Å². The molecule has 32 heavy (non-hydrogen) atoms. The summed E-state index contributed by atoms with van der Waals surface area (Å²) < 4.78 is 12.3. The van der Waals surface area contributed by atoms with Gasteiger partial charge in [-0.25, -0.2) is 0 Å². The van der Waals surface area contributed by atoms with Crippen LogP contribution in [0.3, 0.4) is 0 Å². The fourth-order valence-corrected chi connectivity index (χ4v) is 4.53. The van der Waals surface area contributed by atoms with Gasteiger partial charge in [0.2, 0.25) is 5.91 Å². The molecule has 0 aromatic heterocycles. The molecule has 0 unspecified atom stereocenters. The molecule has 2 aromatic carbocycles. The minimum absolute atomic E-state index is 0.00718. The van der Waals surface area contributed by atoms with Gasteiger partial charge in [-0.05, 0) is 74.9 Å². The molecular formula is C24H25BrN2O4S. The number of carbonyl (C=O) groups is 2. The number of para-hydroxylation sites is 1. The molecule has 0 saturated carbocycles. The molecule has 0 N–H and O–H groups in total. The van der Waals surface area contributed by atoms with Crippen molar-refractivity contribution < 1.29 is 19.1 Å². The van der Waals surface area contributed by atoms with Gasteiger partial charge in [0.1, 0.15) is 0 Å². The van der Waals surface area contributed by atoms with E-state index in [9.17, 15) is 9.59 Å². The van der Waals surface area contributed by atoms with Crippen LogP contribution in [0.5, 0.6) is 11.5 Å². The van der Waals surface area contributed by atoms with Crippen LogP contribution in [0.15, 0.2) is 50.8 Å². The summed E-state index contributed by atoms with van der Waals surface area (Å²) in [6, 6.07) is 11.2. The third-order valence-corrected chi connectivity index (χ3v) is 6.14. The Morgan fingerprint density at radius 2 is 1.97 bits per heavy atom. The highest BCUT2D eigenvalue weighted by Crippen LogP contribution is 2.38. The smallest absolute Gasteiger partial charge is 0.286 e. The highest BCUT2D eigenvalue weighted by molar-refractivity contribution is 9.10. The van der Waals surface area contributed by atoms with Crippen molar-refractivity contribution >= 4 is 56.4 Å². The molecule has 1 heterocycles. The number of carbonyl (C=O) groups excluding carboxylic acids is 2. The molecule has 2 amide bonds. The van der Waals surface area contributed by atoms with Crippen LogP contribution >= 0.6 is 27.7 Å². The van der Waals surface area contributed by atoms with E-state index in [0.717, 1.165) is 15.6 Å². The van der Waals surface area contributed by atoms with E-state index in [-0.39, 0.29) is 12.0 Å². The van der Waals surface area contributed by atoms with Gasteiger partial charge in [-0.15, -0.1) is 0 Å². The minimum atomic E-state index is -0.391. The normalized spacial score (nSPS) is 14.7. The van der Waals surface area contributed by atoms with E-state index in [1.54, 1.807) is 6.08 Å². The first-order valence-corrected chi connectivity index (χ1v) is 11.8. The third-order valence-electron chi connectivity index (χ3n) is 4.48. The molecule has 6 nitrogen and oxygen atoms in total. The Labute approximate surface area is 200 Å². The average Bonchev–Trinajstić information content (AvgIpc) is 3.06. The first-order valence-electron chi connectivity index (χ1n) is 10.2. The van der Waals surface area contributed by atoms with Crippen LogP contribution in [0, 0.1) is 6.92 Å². The molecule has 3 rings (SSSR count). The molecule has 168 valence electrons. The zero-order valence-corrected chi connectivity index (χ0v) is 21.0. The maximum atomic E-state index is 12.7. The first kappa shape index (κ1) is 24.1. The molecule has 0 bridgehead atoms. The molecule has 0 fully saturated rings. The van der Waals surface area contributed by atoms with Gasteiger partial charge >= 0.3 is 0 Å². The Morgan fingerprint density at radius 3 is 2.59 bits per heavy atom. The molecule has 0 atom stereocenters. The number of hydrogen-bond acceptors (Lipinski definition) is 5. The van der Waals surface area contributed by atoms with E-state index in [1.807, 2.05) is 64.1 Å². The average molecular weight is 517 g/mol. The van der Waals surface area contributed by atoms with Crippen LogP contribution < -0.4 is 14.4 Å². The summed E-state index contributed by atoms with van der Waals surface area (Å²) in [5.41, 5.74) is 2.37. The molecule has 8 heteroatoms. The number of anilines is 1. The molecular weight excluding hydrogens is 492 g/mol. The highest BCUT2D eigenvalue weighted by Gasteiger charge is 2.30. The van der Waals surface area contributed by atoms with E-state index < -0.39 is 5.91 Å². The summed E-state index contributed by atoms with van der Waals surface area (Å²) in [6.07, 6.45) is 1.73. The number of benzene rings is 2. The van der Waals surface area contributed by atoms with Crippen molar-refractivity contribution in [2.45, 2.75) is 40.7 Å². The fraction of sp³-hybridized carbons (Fsp3) is 0.292. The lowest BCUT2D eigenvalue weighted by atomic mass is 10.2. The molecule has 2 aromatic rings. The van der Waals surface area contributed by atoms with Gasteiger partial charge in [-0.3, -0.25) is 14.5 Å². The summed E-state index contributed by atoms with van der Waals surface area (Å²) in [7, 11) is 0. The number of rotatable bonds is 6. The number of ether oxygens (including phenoxy) is 2. The monoisotopic (exact) mass is 516 g/mol. The lowest BCUT2D eigenvalue weighted by Gasteiger charge is -2.21. The maximum absolute atomic E-state index is 12.7. The number of thioether (sulfide) groups is 1. The summed E-state index contributed by atoms with van der Waals surface area (Å²) in [5.74, 6) is 0.616. The van der Waals surface area contributed by atoms with E-state index in [2.05, 4.69) is 20.9 Å². The van der Waals surface area contributed by atoms with Crippen molar-refractivity contribution in [2.24, 2.45) is 4.99 Å². The van der Waals surface area contributed by atoms with Crippen LogP contribution in [0.4, 0.5) is 5.69 Å². The van der Waals surface area contributed by atoms with Crippen molar-refractivity contribution in [3.63, 3.8) is 0 Å². The SMILES string of the molecule is CCOc1cc(C=C2SC(N(C(C)=O)c3ccccc3C)=NC2=O)c(Br)cc1OC(C)C. The Morgan fingerprint density at radius 1 is 1.25 bits per heavy atom. The second-order valence-corrected chi connectivity index (χ2v) is 9.23.